The van der Waals surface area contributed by atoms with Crippen molar-refractivity contribution in [3.63, 3.8) is 0 Å². The Bertz CT molecular complexity index is 887. The molecule has 0 aliphatic heterocycles. The molecule has 1 aromatic carbocycles. The second-order valence-electron chi connectivity index (χ2n) is 6.76. The summed E-state index contributed by atoms with van der Waals surface area (Å²) in [6.07, 6.45) is 2.00. The molecule has 0 fully saturated rings. The fourth-order valence-corrected chi connectivity index (χ4v) is 3.25. The van der Waals surface area contributed by atoms with Gasteiger partial charge in [-0.2, -0.15) is 0 Å². The lowest BCUT2D eigenvalue weighted by atomic mass is 10.0. The number of hydrogen-bond acceptors (Lipinski definition) is 4. The Kier molecular flexibility index (Phi) is 6.27. The van der Waals surface area contributed by atoms with E-state index in [9.17, 15) is 4.79 Å². The number of nitrogens with one attached hydrogen (secondary N) is 1. The van der Waals surface area contributed by atoms with Crippen LogP contribution < -0.4 is 5.32 Å². The quantitative estimate of drug-likeness (QED) is 0.622. The van der Waals surface area contributed by atoms with Gasteiger partial charge < -0.3 is 19.4 Å². The molecular formula is C22H27N3O2. The first-order valence-electron chi connectivity index (χ1n) is 9.32. The molecule has 0 spiro atoms. The topological polar surface area (TPSA) is 46.0 Å². The molecule has 2 aromatic heterocycles. The zero-order chi connectivity index (χ0) is 19.2. The van der Waals surface area contributed by atoms with E-state index in [1.54, 1.807) is 0 Å². The van der Waals surface area contributed by atoms with E-state index in [0.29, 0.717) is 12.2 Å². The lowest BCUT2D eigenvalue weighted by Crippen LogP contribution is -2.31. The SMILES string of the molecule is CCOC(=O)c1cc([C@@H](NCCN(C)C)c2ccccc2)n2ccccc12. The summed E-state index contributed by atoms with van der Waals surface area (Å²) >= 11 is 0. The van der Waals surface area contributed by atoms with Crippen molar-refractivity contribution in [2.45, 2.75) is 13.0 Å². The highest BCUT2D eigenvalue weighted by molar-refractivity contribution is 5.97. The van der Waals surface area contributed by atoms with Crippen LogP contribution in [0, 0.1) is 0 Å². The van der Waals surface area contributed by atoms with Gasteiger partial charge in [0, 0.05) is 25.0 Å². The van der Waals surface area contributed by atoms with Crippen molar-refractivity contribution in [3.8, 4) is 0 Å². The summed E-state index contributed by atoms with van der Waals surface area (Å²) in [6, 6.07) is 18.1. The van der Waals surface area contributed by atoms with Crippen LogP contribution >= 0.6 is 0 Å². The van der Waals surface area contributed by atoms with E-state index in [1.165, 1.54) is 0 Å². The van der Waals surface area contributed by atoms with Crippen LogP contribution in [0.3, 0.4) is 0 Å². The number of likely N-dealkylation sites (N-methyl/N-ethyl adjacent to an activating group) is 1. The average molecular weight is 365 g/mol. The Hall–Kier alpha value is -2.63. The number of benzene rings is 1. The van der Waals surface area contributed by atoms with Gasteiger partial charge in [0.1, 0.15) is 0 Å². The van der Waals surface area contributed by atoms with Crippen molar-refractivity contribution in [1.82, 2.24) is 14.6 Å². The Morgan fingerprint density at radius 3 is 2.59 bits per heavy atom. The molecule has 5 nitrogen and oxygen atoms in total. The highest BCUT2D eigenvalue weighted by Crippen LogP contribution is 2.27. The highest BCUT2D eigenvalue weighted by atomic mass is 16.5. The third-order valence-corrected chi connectivity index (χ3v) is 4.54. The van der Waals surface area contributed by atoms with E-state index in [0.717, 1.165) is 29.9 Å². The van der Waals surface area contributed by atoms with Crippen molar-refractivity contribution in [2.75, 3.05) is 33.8 Å². The summed E-state index contributed by atoms with van der Waals surface area (Å²) in [7, 11) is 4.12. The number of ether oxygens (including phenoxy) is 1. The monoisotopic (exact) mass is 365 g/mol. The number of carbonyl (C=O) groups excluding carboxylic acids is 1. The van der Waals surface area contributed by atoms with Gasteiger partial charge in [0.05, 0.1) is 23.7 Å². The van der Waals surface area contributed by atoms with Crippen LogP contribution in [-0.2, 0) is 4.74 Å². The number of esters is 1. The second kappa shape index (κ2) is 8.84. The Labute approximate surface area is 160 Å². The number of fused-ring (bicyclic) bond motifs is 1. The first-order valence-corrected chi connectivity index (χ1v) is 9.32. The molecule has 5 heteroatoms. The molecule has 3 aromatic rings. The third kappa shape index (κ3) is 4.38. The van der Waals surface area contributed by atoms with Gasteiger partial charge in [-0.3, -0.25) is 0 Å². The van der Waals surface area contributed by atoms with Crippen LogP contribution in [0.25, 0.3) is 5.52 Å². The van der Waals surface area contributed by atoms with Crippen LogP contribution in [0.2, 0.25) is 0 Å². The lowest BCUT2D eigenvalue weighted by Gasteiger charge is -2.21. The summed E-state index contributed by atoms with van der Waals surface area (Å²) in [6.45, 7) is 3.95. The fourth-order valence-electron chi connectivity index (χ4n) is 3.25. The Balaban J connectivity index is 2.05. The zero-order valence-corrected chi connectivity index (χ0v) is 16.2. The summed E-state index contributed by atoms with van der Waals surface area (Å²) in [5.74, 6) is -0.285. The lowest BCUT2D eigenvalue weighted by molar-refractivity contribution is 0.0528. The summed E-state index contributed by atoms with van der Waals surface area (Å²) in [5, 5.41) is 3.65. The van der Waals surface area contributed by atoms with Crippen molar-refractivity contribution < 1.29 is 9.53 Å². The largest absolute Gasteiger partial charge is 0.462 e. The van der Waals surface area contributed by atoms with E-state index in [2.05, 4.69) is 40.8 Å². The molecule has 2 heterocycles. The van der Waals surface area contributed by atoms with E-state index < -0.39 is 0 Å². The molecule has 0 bridgehead atoms. The minimum atomic E-state index is -0.285. The van der Waals surface area contributed by atoms with Gasteiger partial charge in [0.2, 0.25) is 0 Å². The normalized spacial score (nSPS) is 12.4. The molecule has 0 saturated carbocycles. The predicted molar refractivity (Wildman–Crippen MR) is 108 cm³/mol. The van der Waals surface area contributed by atoms with Gasteiger partial charge in [-0.25, -0.2) is 4.79 Å². The molecule has 27 heavy (non-hydrogen) atoms. The van der Waals surface area contributed by atoms with E-state index in [-0.39, 0.29) is 12.0 Å². The third-order valence-electron chi connectivity index (χ3n) is 4.54. The molecule has 0 radical (unpaired) electrons. The van der Waals surface area contributed by atoms with Crippen molar-refractivity contribution >= 4 is 11.5 Å². The van der Waals surface area contributed by atoms with Crippen LogP contribution in [0.1, 0.15) is 34.6 Å². The molecule has 1 atom stereocenters. The van der Waals surface area contributed by atoms with Gasteiger partial charge >= 0.3 is 5.97 Å². The molecule has 0 aliphatic rings. The Morgan fingerprint density at radius 1 is 1.15 bits per heavy atom. The predicted octanol–water partition coefficient (Wildman–Crippen LogP) is 3.36. The molecule has 142 valence electrons. The number of nitrogens with zero attached hydrogens (tertiary/aromatic N) is 2. The smallest absolute Gasteiger partial charge is 0.340 e. The van der Waals surface area contributed by atoms with Crippen LogP contribution in [0.5, 0.6) is 0 Å². The highest BCUT2D eigenvalue weighted by Gasteiger charge is 2.22. The second-order valence-corrected chi connectivity index (χ2v) is 6.76. The van der Waals surface area contributed by atoms with Crippen molar-refractivity contribution in [2.24, 2.45) is 0 Å². The van der Waals surface area contributed by atoms with Crippen LogP contribution in [0.4, 0.5) is 0 Å². The van der Waals surface area contributed by atoms with Gasteiger partial charge in [0.25, 0.3) is 0 Å². The summed E-state index contributed by atoms with van der Waals surface area (Å²) in [4.78, 5) is 14.6. The van der Waals surface area contributed by atoms with Gasteiger partial charge in [-0.15, -0.1) is 0 Å². The zero-order valence-electron chi connectivity index (χ0n) is 16.2. The van der Waals surface area contributed by atoms with E-state index in [4.69, 9.17) is 4.74 Å². The molecule has 3 rings (SSSR count). The number of hydrogen-bond donors (Lipinski definition) is 1. The molecule has 0 aliphatic carbocycles. The van der Waals surface area contributed by atoms with E-state index in [1.807, 2.05) is 55.6 Å². The maximum Gasteiger partial charge on any atom is 0.340 e. The molecule has 0 amide bonds. The Morgan fingerprint density at radius 2 is 1.89 bits per heavy atom. The molecule has 1 N–H and O–H groups in total. The number of carbonyl (C=O) groups is 1. The summed E-state index contributed by atoms with van der Waals surface area (Å²) in [5.41, 5.74) is 3.65. The van der Waals surface area contributed by atoms with Crippen LogP contribution in [-0.4, -0.2) is 49.1 Å². The van der Waals surface area contributed by atoms with E-state index >= 15 is 0 Å². The molecule has 0 saturated heterocycles. The van der Waals surface area contributed by atoms with Gasteiger partial charge in [0.15, 0.2) is 0 Å². The number of pyridine rings is 1. The fraction of sp³-hybridized carbons (Fsp3) is 0.318. The molecular weight excluding hydrogens is 338 g/mol. The number of rotatable bonds is 8. The first kappa shape index (κ1) is 19.1. The minimum Gasteiger partial charge on any atom is -0.462 e. The first-order chi connectivity index (χ1) is 13.1. The van der Waals surface area contributed by atoms with Crippen LogP contribution in [0.15, 0.2) is 60.8 Å². The molecule has 0 unspecified atom stereocenters. The van der Waals surface area contributed by atoms with Crippen molar-refractivity contribution in [3.05, 3.63) is 77.6 Å². The summed E-state index contributed by atoms with van der Waals surface area (Å²) < 4.78 is 7.34. The maximum atomic E-state index is 12.5. The minimum absolute atomic E-state index is 0.0239. The van der Waals surface area contributed by atoms with Gasteiger partial charge in [-0.05, 0) is 44.8 Å². The van der Waals surface area contributed by atoms with Gasteiger partial charge in [-0.1, -0.05) is 36.4 Å². The number of aromatic nitrogens is 1. The van der Waals surface area contributed by atoms with Crippen molar-refractivity contribution in [1.29, 1.82) is 0 Å². The average Bonchev–Trinajstić information content (AvgIpc) is 3.05. The standard InChI is InChI=1S/C22H27N3O2/c1-4-27-22(26)18-16-20(25-14-9-8-12-19(18)25)21(23-13-15-24(2)3)17-10-6-5-7-11-17/h5-12,14,16,21,23H,4,13,15H2,1-3H3/t21-/m0/s1. The maximum absolute atomic E-state index is 12.5.